The fourth-order valence-corrected chi connectivity index (χ4v) is 2.55. The second-order valence-electron chi connectivity index (χ2n) is 4.74. The summed E-state index contributed by atoms with van der Waals surface area (Å²) < 4.78 is 0. The second-order valence-corrected chi connectivity index (χ2v) is 4.74. The van der Waals surface area contributed by atoms with Gasteiger partial charge in [-0.3, -0.25) is 14.5 Å². The Kier molecular flexibility index (Phi) is 3.26. The number of nitrogens with one attached hydrogen (secondary N) is 1. The van der Waals surface area contributed by atoms with E-state index >= 15 is 0 Å². The van der Waals surface area contributed by atoms with E-state index in [2.05, 4.69) is 5.32 Å². The summed E-state index contributed by atoms with van der Waals surface area (Å²) in [5.74, 6) is -0.511. The van der Waals surface area contributed by atoms with Gasteiger partial charge in [0.05, 0.1) is 11.8 Å². The van der Waals surface area contributed by atoms with Crippen LogP contribution in [0, 0.1) is 25.2 Å². The van der Waals surface area contributed by atoms with Gasteiger partial charge in [0.25, 0.3) is 5.91 Å². The van der Waals surface area contributed by atoms with Gasteiger partial charge in [-0.25, -0.2) is 0 Å². The number of hydrogen-bond donors (Lipinski definition) is 1. The van der Waals surface area contributed by atoms with Gasteiger partial charge in [-0.05, 0) is 19.4 Å². The zero-order valence-electron chi connectivity index (χ0n) is 11.2. The van der Waals surface area contributed by atoms with Crippen LogP contribution in [0.15, 0.2) is 12.1 Å². The fraction of sp³-hybridized carbons (Fsp3) is 0.357. The third-order valence-electron chi connectivity index (χ3n) is 3.14. The van der Waals surface area contributed by atoms with Gasteiger partial charge in [0, 0.05) is 12.5 Å². The summed E-state index contributed by atoms with van der Waals surface area (Å²) in [4.78, 5) is 25.0. The van der Waals surface area contributed by atoms with Gasteiger partial charge >= 0.3 is 0 Å². The number of aryl methyl sites for hydroxylation is 2. The number of rotatable bonds is 2. The molecule has 0 aromatic heterocycles. The highest BCUT2D eigenvalue weighted by atomic mass is 16.2. The Labute approximate surface area is 111 Å². The first-order valence-corrected chi connectivity index (χ1v) is 6.02. The Morgan fingerprint density at radius 2 is 2.16 bits per heavy atom. The fourth-order valence-electron chi connectivity index (χ4n) is 2.55. The molecule has 1 aliphatic rings. The van der Waals surface area contributed by atoms with Crippen LogP contribution in [0.5, 0.6) is 0 Å². The molecule has 0 bridgehead atoms. The Bertz CT molecular complexity index is 601. The van der Waals surface area contributed by atoms with Crippen molar-refractivity contribution in [2.75, 3.05) is 11.4 Å². The quantitative estimate of drug-likeness (QED) is 0.813. The predicted molar refractivity (Wildman–Crippen MR) is 70.4 cm³/mol. The first kappa shape index (κ1) is 13.1. The van der Waals surface area contributed by atoms with Crippen molar-refractivity contribution in [2.24, 2.45) is 0 Å². The summed E-state index contributed by atoms with van der Waals surface area (Å²) in [6.45, 7) is 5.21. The van der Waals surface area contributed by atoms with Crippen LogP contribution in [0.2, 0.25) is 0 Å². The van der Waals surface area contributed by atoms with Crippen LogP contribution < -0.4 is 10.2 Å². The highest BCUT2D eigenvalue weighted by Gasteiger charge is 2.38. The van der Waals surface area contributed by atoms with Gasteiger partial charge in [-0.15, -0.1) is 0 Å². The lowest BCUT2D eigenvalue weighted by molar-refractivity contribution is -0.126. The van der Waals surface area contributed by atoms with E-state index in [-0.39, 0.29) is 18.4 Å². The highest BCUT2D eigenvalue weighted by molar-refractivity contribution is 6.07. The first-order chi connectivity index (χ1) is 8.95. The molecule has 98 valence electrons. The summed E-state index contributed by atoms with van der Waals surface area (Å²) in [7, 11) is 0. The molecule has 0 aliphatic carbocycles. The molecule has 19 heavy (non-hydrogen) atoms. The molecule has 1 aromatic rings. The minimum Gasteiger partial charge on any atom is -0.341 e. The SMILES string of the molecule is CC(=O)NC1C(=O)N(CC#N)c2c(C)cc(C)cc21. The topological polar surface area (TPSA) is 73.2 Å². The van der Waals surface area contributed by atoms with Gasteiger partial charge < -0.3 is 5.32 Å². The molecule has 1 aliphatic heterocycles. The van der Waals surface area contributed by atoms with E-state index in [0.29, 0.717) is 0 Å². The minimum absolute atomic E-state index is 0.00812. The van der Waals surface area contributed by atoms with Crippen LogP contribution in [0.1, 0.15) is 29.7 Å². The molecule has 5 heteroatoms. The lowest BCUT2D eigenvalue weighted by Gasteiger charge is -2.15. The maximum Gasteiger partial charge on any atom is 0.255 e. The molecule has 1 N–H and O–H groups in total. The number of nitriles is 1. The van der Waals surface area contributed by atoms with Crippen molar-refractivity contribution in [3.05, 3.63) is 28.8 Å². The summed E-state index contributed by atoms with van der Waals surface area (Å²) in [6.07, 6.45) is 0. The standard InChI is InChI=1S/C14H15N3O2/c1-8-6-9(2)13-11(7-8)12(16-10(3)18)14(19)17(13)5-4-15/h6-7,12H,5H2,1-3H3,(H,16,18). The molecule has 0 saturated carbocycles. The molecule has 0 radical (unpaired) electrons. The maximum atomic E-state index is 12.3. The molecule has 2 amide bonds. The lowest BCUT2D eigenvalue weighted by Crippen LogP contribution is -2.36. The molecule has 5 nitrogen and oxygen atoms in total. The van der Waals surface area contributed by atoms with Crippen LogP contribution in [0.25, 0.3) is 0 Å². The highest BCUT2D eigenvalue weighted by Crippen LogP contribution is 2.38. The first-order valence-electron chi connectivity index (χ1n) is 6.02. The van der Waals surface area contributed by atoms with E-state index < -0.39 is 6.04 Å². The summed E-state index contributed by atoms with van der Waals surface area (Å²) in [5, 5.41) is 11.5. The monoisotopic (exact) mass is 257 g/mol. The number of benzene rings is 1. The van der Waals surface area contributed by atoms with Crippen LogP contribution in [-0.4, -0.2) is 18.4 Å². The molecular weight excluding hydrogens is 242 g/mol. The van der Waals surface area contributed by atoms with E-state index in [1.54, 1.807) is 0 Å². The van der Waals surface area contributed by atoms with Gasteiger partial charge in [0.15, 0.2) is 0 Å². The Balaban J connectivity index is 2.57. The van der Waals surface area contributed by atoms with Crippen molar-refractivity contribution in [2.45, 2.75) is 26.8 Å². The molecule has 0 spiro atoms. The Morgan fingerprint density at radius 3 is 2.74 bits per heavy atom. The minimum atomic E-state index is -0.681. The van der Waals surface area contributed by atoms with Crippen molar-refractivity contribution < 1.29 is 9.59 Å². The largest absolute Gasteiger partial charge is 0.341 e. The van der Waals surface area contributed by atoms with Crippen molar-refractivity contribution in [1.82, 2.24) is 5.32 Å². The molecule has 1 unspecified atom stereocenters. The van der Waals surface area contributed by atoms with Crippen LogP contribution in [-0.2, 0) is 9.59 Å². The van der Waals surface area contributed by atoms with E-state index in [1.165, 1.54) is 11.8 Å². The van der Waals surface area contributed by atoms with Crippen molar-refractivity contribution in [3.8, 4) is 6.07 Å². The molecular formula is C14H15N3O2. The van der Waals surface area contributed by atoms with Crippen LogP contribution >= 0.6 is 0 Å². The zero-order chi connectivity index (χ0) is 14.2. The summed E-state index contributed by atoms with van der Waals surface area (Å²) >= 11 is 0. The van der Waals surface area contributed by atoms with Crippen molar-refractivity contribution in [1.29, 1.82) is 5.26 Å². The van der Waals surface area contributed by atoms with Crippen molar-refractivity contribution in [3.63, 3.8) is 0 Å². The summed E-state index contributed by atoms with van der Waals surface area (Å²) in [6, 6.07) is 5.16. The van der Waals surface area contributed by atoms with Gasteiger partial charge in [0.1, 0.15) is 12.6 Å². The number of hydrogen-bond acceptors (Lipinski definition) is 3. The number of carbonyl (C=O) groups is 2. The number of carbonyl (C=O) groups excluding carboxylic acids is 2. The average Bonchev–Trinajstić information content (AvgIpc) is 2.55. The van der Waals surface area contributed by atoms with Crippen molar-refractivity contribution >= 4 is 17.5 Å². The number of fused-ring (bicyclic) bond motifs is 1. The molecule has 0 fully saturated rings. The smallest absolute Gasteiger partial charge is 0.255 e. The molecule has 1 heterocycles. The van der Waals surface area contributed by atoms with Gasteiger partial charge in [0.2, 0.25) is 5.91 Å². The van der Waals surface area contributed by atoms with E-state index in [0.717, 1.165) is 22.4 Å². The predicted octanol–water partition coefficient (Wildman–Crippen LogP) is 1.35. The molecule has 1 aromatic carbocycles. The molecule has 1 atom stereocenters. The van der Waals surface area contributed by atoms with E-state index in [1.807, 2.05) is 32.0 Å². The maximum absolute atomic E-state index is 12.3. The van der Waals surface area contributed by atoms with Crippen LogP contribution in [0.3, 0.4) is 0 Å². The lowest BCUT2D eigenvalue weighted by atomic mass is 10.0. The zero-order valence-corrected chi connectivity index (χ0v) is 11.2. The number of amides is 2. The van der Waals surface area contributed by atoms with E-state index in [9.17, 15) is 9.59 Å². The van der Waals surface area contributed by atoms with Gasteiger partial charge in [-0.2, -0.15) is 5.26 Å². The third-order valence-corrected chi connectivity index (χ3v) is 3.14. The summed E-state index contributed by atoms with van der Waals surface area (Å²) in [5.41, 5.74) is 3.48. The molecule has 0 saturated heterocycles. The van der Waals surface area contributed by atoms with Gasteiger partial charge in [-0.1, -0.05) is 17.7 Å². The normalized spacial score (nSPS) is 17.1. The Hall–Kier alpha value is -2.35. The Morgan fingerprint density at radius 1 is 1.47 bits per heavy atom. The van der Waals surface area contributed by atoms with Crippen LogP contribution in [0.4, 0.5) is 5.69 Å². The number of nitrogens with zero attached hydrogens (tertiary/aromatic N) is 2. The second kappa shape index (κ2) is 4.73. The molecule has 2 rings (SSSR count). The van der Waals surface area contributed by atoms with E-state index in [4.69, 9.17) is 5.26 Å². The number of anilines is 1. The average molecular weight is 257 g/mol. The third kappa shape index (κ3) is 2.17.